The first kappa shape index (κ1) is 15.6. The predicted octanol–water partition coefficient (Wildman–Crippen LogP) is 5.79. The Labute approximate surface area is 137 Å². The molecule has 2 aromatic carbocycles. The number of anilines is 1. The van der Waals surface area contributed by atoms with Crippen LogP contribution in [-0.2, 0) is 0 Å². The first-order chi connectivity index (χ1) is 9.56. The number of nitrogens with one attached hydrogen (secondary N) is 1. The summed E-state index contributed by atoms with van der Waals surface area (Å²) < 4.78 is 5.55. The monoisotopic (exact) mass is 349 g/mol. The summed E-state index contributed by atoms with van der Waals surface area (Å²) in [5.41, 5.74) is 0.807. The molecule has 0 bridgehead atoms. The van der Waals surface area contributed by atoms with Crippen LogP contribution in [0.4, 0.5) is 5.69 Å². The molecule has 106 valence electrons. The second-order valence-electron chi connectivity index (χ2n) is 3.97. The van der Waals surface area contributed by atoms with Gasteiger partial charge in [0, 0.05) is 16.6 Å². The number of hydrogen-bond acceptors (Lipinski definition) is 2. The van der Waals surface area contributed by atoms with Gasteiger partial charge in [-0.2, -0.15) is 0 Å². The van der Waals surface area contributed by atoms with Gasteiger partial charge in [0.25, 0.3) is 0 Å². The lowest BCUT2D eigenvalue weighted by Crippen LogP contribution is -2.11. The van der Waals surface area contributed by atoms with Crippen LogP contribution in [0.3, 0.4) is 0 Å². The van der Waals surface area contributed by atoms with Gasteiger partial charge in [-0.05, 0) is 36.4 Å². The molecule has 0 saturated heterocycles. The van der Waals surface area contributed by atoms with Gasteiger partial charge in [0.05, 0.1) is 15.7 Å². The maximum atomic E-state index is 6.04. The highest BCUT2D eigenvalue weighted by atomic mass is 35.5. The molecule has 2 nitrogen and oxygen atoms in total. The van der Waals surface area contributed by atoms with Crippen molar-refractivity contribution in [2.24, 2.45) is 0 Å². The van der Waals surface area contributed by atoms with E-state index in [1.165, 1.54) is 0 Å². The molecule has 0 aliphatic carbocycles. The summed E-state index contributed by atoms with van der Waals surface area (Å²) >= 11 is 23.7. The molecule has 0 spiro atoms. The van der Waals surface area contributed by atoms with E-state index >= 15 is 0 Å². The molecule has 20 heavy (non-hydrogen) atoms. The van der Waals surface area contributed by atoms with E-state index in [1.807, 2.05) is 6.07 Å². The third kappa shape index (κ3) is 4.35. The van der Waals surface area contributed by atoms with Crippen molar-refractivity contribution in [1.82, 2.24) is 0 Å². The van der Waals surface area contributed by atoms with Crippen molar-refractivity contribution in [2.75, 3.05) is 18.5 Å². The van der Waals surface area contributed by atoms with Crippen LogP contribution in [-0.4, -0.2) is 13.2 Å². The molecule has 0 heterocycles. The van der Waals surface area contributed by atoms with Gasteiger partial charge in [-0.15, -0.1) is 0 Å². The van der Waals surface area contributed by atoms with Crippen molar-refractivity contribution in [3.8, 4) is 5.75 Å². The third-order valence-electron chi connectivity index (χ3n) is 2.50. The molecule has 0 radical (unpaired) electrons. The molecule has 0 fully saturated rings. The molecule has 0 amide bonds. The van der Waals surface area contributed by atoms with Gasteiger partial charge < -0.3 is 10.1 Å². The molecule has 0 aromatic heterocycles. The topological polar surface area (TPSA) is 21.3 Å². The Morgan fingerprint density at radius 3 is 2.15 bits per heavy atom. The van der Waals surface area contributed by atoms with Gasteiger partial charge in [-0.1, -0.05) is 46.4 Å². The van der Waals surface area contributed by atoms with Crippen molar-refractivity contribution in [3.05, 3.63) is 56.5 Å². The minimum absolute atomic E-state index is 0.445. The number of hydrogen-bond donors (Lipinski definition) is 1. The summed E-state index contributed by atoms with van der Waals surface area (Å²) in [4.78, 5) is 0. The molecule has 0 aliphatic heterocycles. The highest BCUT2D eigenvalue weighted by Crippen LogP contribution is 2.28. The summed E-state index contributed by atoms with van der Waals surface area (Å²) in [7, 11) is 0. The van der Waals surface area contributed by atoms with E-state index in [-0.39, 0.29) is 0 Å². The Hall–Kier alpha value is -0.800. The van der Waals surface area contributed by atoms with Gasteiger partial charge in [0.15, 0.2) is 0 Å². The Morgan fingerprint density at radius 1 is 0.850 bits per heavy atom. The SMILES string of the molecule is Clc1ccc(NCCOc2ccc(Cl)cc2Cl)c(Cl)c1. The van der Waals surface area contributed by atoms with E-state index in [2.05, 4.69) is 5.32 Å². The highest BCUT2D eigenvalue weighted by Gasteiger charge is 2.03. The zero-order valence-electron chi connectivity index (χ0n) is 10.3. The molecule has 6 heteroatoms. The lowest BCUT2D eigenvalue weighted by Gasteiger charge is -2.11. The van der Waals surface area contributed by atoms with Crippen LogP contribution in [0.25, 0.3) is 0 Å². The molecule has 0 saturated carbocycles. The minimum Gasteiger partial charge on any atom is -0.490 e. The molecule has 0 unspecified atom stereocenters. The fourth-order valence-electron chi connectivity index (χ4n) is 1.57. The van der Waals surface area contributed by atoms with Crippen molar-refractivity contribution in [3.63, 3.8) is 0 Å². The van der Waals surface area contributed by atoms with Crippen molar-refractivity contribution in [1.29, 1.82) is 0 Å². The van der Waals surface area contributed by atoms with Crippen molar-refractivity contribution >= 4 is 52.1 Å². The van der Waals surface area contributed by atoms with Crippen LogP contribution in [0.2, 0.25) is 20.1 Å². The lowest BCUT2D eigenvalue weighted by atomic mass is 10.3. The van der Waals surface area contributed by atoms with E-state index in [1.54, 1.807) is 30.3 Å². The lowest BCUT2D eigenvalue weighted by molar-refractivity contribution is 0.333. The quantitative estimate of drug-likeness (QED) is 0.689. The maximum absolute atomic E-state index is 6.04. The Kier molecular flexibility index (Phi) is 5.67. The van der Waals surface area contributed by atoms with E-state index in [0.717, 1.165) is 5.69 Å². The van der Waals surface area contributed by atoms with Crippen LogP contribution in [0, 0.1) is 0 Å². The van der Waals surface area contributed by atoms with Gasteiger partial charge in [0.1, 0.15) is 12.4 Å². The molecule has 1 N–H and O–H groups in total. The molecule has 2 aromatic rings. The summed E-state index contributed by atoms with van der Waals surface area (Å²) in [6.07, 6.45) is 0. The number of benzene rings is 2. The average molecular weight is 351 g/mol. The third-order valence-corrected chi connectivity index (χ3v) is 3.58. The van der Waals surface area contributed by atoms with E-state index in [9.17, 15) is 0 Å². The standard InChI is InChI=1S/C14H11Cl4NO/c15-9-1-3-13(11(17)7-9)19-5-6-20-14-4-2-10(16)8-12(14)18/h1-4,7-8,19H,5-6H2. The summed E-state index contributed by atoms with van der Waals surface area (Å²) in [5, 5.41) is 5.39. The zero-order chi connectivity index (χ0) is 14.5. The first-order valence-corrected chi connectivity index (χ1v) is 7.34. The molecular weight excluding hydrogens is 340 g/mol. The maximum Gasteiger partial charge on any atom is 0.138 e. The van der Waals surface area contributed by atoms with Crippen molar-refractivity contribution < 1.29 is 4.74 Å². The zero-order valence-corrected chi connectivity index (χ0v) is 13.3. The van der Waals surface area contributed by atoms with E-state index in [4.69, 9.17) is 51.1 Å². The Morgan fingerprint density at radius 2 is 1.50 bits per heavy atom. The summed E-state index contributed by atoms with van der Waals surface area (Å²) in [6, 6.07) is 10.4. The second kappa shape index (κ2) is 7.28. The van der Waals surface area contributed by atoms with E-state index < -0.39 is 0 Å². The van der Waals surface area contributed by atoms with Crippen molar-refractivity contribution in [2.45, 2.75) is 0 Å². The van der Waals surface area contributed by atoms with Gasteiger partial charge in [0.2, 0.25) is 0 Å². The second-order valence-corrected chi connectivity index (χ2v) is 5.66. The molecule has 0 atom stereocenters. The van der Waals surface area contributed by atoms with Crippen LogP contribution in [0.5, 0.6) is 5.75 Å². The molecular formula is C14H11Cl4NO. The number of ether oxygens (including phenoxy) is 1. The largest absolute Gasteiger partial charge is 0.490 e. The summed E-state index contributed by atoms with van der Waals surface area (Å²) in [6.45, 7) is 1.03. The Balaban J connectivity index is 1.84. The Bertz CT molecular complexity index is 550. The van der Waals surface area contributed by atoms with Crippen LogP contribution in [0.1, 0.15) is 0 Å². The van der Waals surface area contributed by atoms with Crippen LogP contribution in [0.15, 0.2) is 36.4 Å². The van der Waals surface area contributed by atoms with Gasteiger partial charge in [-0.3, -0.25) is 0 Å². The fraction of sp³-hybridized carbons (Fsp3) is 0.143. The fourth-order valence-corrected chi connectivity index (χ4v) is 2.51. The van der Waals surface area contributed by atoms with Crippen LogP contribution >= 0.6 is 46.4 Å². The first-order valence-electron chi connectivity index (χ1n) is 5.83. The molecule has 0 aliphatic rings. The number of halogens is 4. The highest BCUT2D eigenvalue weighted by molar-refractivity contribution is 6.36. The van der Waals surface area contributed by atoms with Gasteiger partial charge >= 0.3 is 0 Å². The smallest absolute Gasteiger partial charge is 0.138 e. The minimum atomic E-state index is 0.445. The number of rotatable bonds is 5. The predicted molar refractivity (Wildman–Crippen MR) is 86.9 cm³/mol. The van der Waals surface area contributed by atoms with E-state index in [0.29, 0.717) is 39.0 Å². The summed E-state index contributed by atoms with van der Waals surface area (Å²) in [5.74, 6) is 0.597. The molecule has 2 rings (SSSR count). The van der Waals surface area contributed by atoms with Gasteiger partial charge in [-0.25, -0.2) is 0 Å². The average Bonchev–Trinajstić information content (AvgIpc) is 2.39. The van der Waals surface area contributed by atoms with Crippen LogP contribution < -0.4 is 10.1 Å². The normalized spacial score (nSPS) is 10.4.